The van der Waals surface area contributed by atoms with Gasteiger partial charge >= 0.3 is 0 Å². The van der Waals surface area contributed by atoms with Crippen molar-refractivity contribution in [3.63, 3.8) is 0 Å². The van der Waals surface area contributed by atoms with Crippen LogP contribution in [0.15, 0.2) is 5.11 Å². The number of aliphatic hydroxyl groups excluding tert-OH is 3. The molecule has 1 rings (SSSR count). The van der Waals surface area contributed by atoms with Crippen molar-refractivity contribution < 1.29 is 20.1 Å². The highest BCUT2D eigenvalue weighted by molar-refractivity contribution is 4.86. The number of hydrogen-bond acceptors (Lipinski definition) is 5. The van der Waals surface area contributed by atoms with Gasteiger partial charge in [0.2, 0.25) is 0 Å². The predicted octanol–water partition coefficient (Wildman–Crippen LogP) is -1.26. The summed E-state index contributed by atoms with van der Waals surface area (Å²) in [6, 6.07) is 0. The van der Waals surface area contributed by atoms with E-state index in [-0.39, 0.29) is 6.54 Å². The Morgan fingerprint density at radius 2 is 2.00 bits per heavy atom. The van der Waals surface area contributed by atoms with Crippen molar-refractivity contribution in [1.29, 1.82) is 0 Å². The quantitative estimate of drug-likeness (QED) is 0.275. The molecule has 1 aliphatic rings. The largest absolute Gasteiger partial charge is 0.387 e. The van der Waals surface area contributed by atoms with Crippen LogP contribution < -0.4 is 0 Å². The van der Waals surface area contributed by atoms with Crippen molar-refractivity contribution in [3.05, 3.63) is 10.4 Å². The van der Waals surface area contributed by atoms with Crippen LogP contribution >= 0.6 is 0 Å². The Morgan fingerprint density at radius 1 is 1.33 bits per heavy atom. The van der Waals surface area contributed by atoms with Crippen molar-refractivity contribution in [2.75, 3.05) is 6.54 Å². The van der Waals surface area contributed by atoms with Gasteiger partial charge in [-0.15, -0.1) is 0 Å². The molecule has 0 unspecified atom stereocenters. The van der Waals surface area contributed by atoms with Gasteiger partial charge < -0.3 is 20.1 Å². The van der Waals surface area contributed by atoms with E-state index in [0.717, 1.165) is 0 Å². The van der Waals surface area contributed by atoms with Gasteiger partial charge in [0.15, 0.2) is 6.29 Å². The van der Waals surface area contributed by atoms with Crippen LogP contribution in [-0.4, -0.2) is 46.5 Å². The van der Waals surface area contributed by atoms with Crippen molar-refractivity contribution in [2.24, 2.45) is 5.11 Å². The van der Waals surface area contributed by atoms with Gasteiger partial charge in [-0.05, 0) is 5.53 Å². The minimum absolute atomic E-state index is 0.105. The van der Waals surface area contributed by atoms with E-state index in [4.69, 9.17) is 20.9 Å². The number of azide groups is 1. The highest BCUT2D eigenvalue weighted by Crippen LogP contribution is 2.19. The average Bonchev–Trinajstić information content (AvgIpc) is 2.30. The van der Waals surface area contributed by atoms with E-state index in [1.165, 1.54) is 0 Å². The number of nitrogens with zero attached hydrogens (tertiary/aromatic N) is 3. The van der Waals surface area contributed by atoms with Crippen molar-refractivity contribution in [2.45, 2.75) is 24.6 Å². The summed E-state index contributed by atoms with van der Waals surface area (Å²) in [6.07, 6.45) is -4.76. The van der Waals surface area contributed by atoms with Gasteiger partial charge in [0.05, 0.1) is 12.6 Å². The third-order valence-electron chi connectivity index (χ3n) is 1.66. The molecule has 1 fully saturated rings. The molecule has 0 aromatic rings. The maximum absolute atomic E-state index is 9.14. The fourth-order valence-corrected chi connectivity index (χ4v) is 0.997. The van der Waals surface area contributed by atoms with E-state index in [1.807, 2.05) is 0 Å². The fraction of sp³-hybridized carbons (Fsp3) is 1.00. The summed E-state index contributed by atoms with van der Waals surface area (Å²) in [5.41, 5.74) is 7.94. The summed E-state index contributed by atoms with van der Waals surface area (Å²) in [7, 11) is 0. The summed E-state index contributed by atoms with van der Waals surface area (Å²) in [4.78, 5) is 2.45. The molecule has 0 aromatic carbocycles. The second-order valence-electron chi connectivity index (χ2n) is 2.46. The molecule has 68 valence electrons. The van der Waals surface area contributed by atoms with Crippen LogP contribution in [0.1, 0.15) is 0 Å². The molecule has 0 aliphatic carbocycles. The average molecular weight is 175 g/mol. The third-order valence-corrected chi connectivity index (χ3v) is 1.66. The second kappa shape index (κ2) is 3.70. The Balaban J connectivity index is 2.52. The lowest BCUT2D eigenvalue weighted by Crippen LogP contribution is -2.33. The summed E-state index contributed by atoms with van der Waals surface area (Å²) in [5.74, 6) is 0. The summed E-state index contributed by atoms with van der Waals surface area (Å²) in [5, 5.41) is 30.1. The summed E-state index contributed by atoms with van der Waals surface area (Å²) in [6.45, 7) is -0.105. The van der Waals surface area contributed by atoms with Crippen LogP contribution in [0.3, 0.4) is 0 Å². The zero-order valence-corrected chi connectivity index (χ0v) is 6.11. The van der Waals surface area contributed by atoms with Crippen LogP contribution in [0.4, 0.5) is 0 Å². The van der Waals surface area contributed by atoms with Crippen LogP contribution in [0.2, 0.25) is 0 Å². The topological polar surface area (TPSA) is 119 Å². The van der Waals surface area contributed by atoms with Gasteiger partial charge in [-0.3, -0.25) is 0 Å². The molecule has 1 aliphatic heterocycles. The lowest BCUT2D eigenvalue weighted by Gasteiger charge is -2.10. The smallest absolute Gasteiger partial charge is 0.183 e. The van der Waals surface area contributed by atoms with E-state index in [0.29, 0.717) is 0 Å². The van der Waals surface area contributed by atoms with E-state index in [9.17, 15) is 0 Å². The molecule has 12 heavy (non-hydrogen) atoms. The molecule has 0 radical (unpaired) electrons. The van der Waals surface area contributed by atoms with Gasteiger partial charge in [-0.25, -0.2) is 0 Å². The molecule has 0 bridgehead atoms. The molecule has 1 saturated heterocycles. The van der Waals surface area contributed by atoms with Gasteiger partial charge in [0.1, 0.15) is 12.2 Å². The molecule has 0 spiro atoms. The Labute approximate surface area is 67.8 Å². The molecular weight excluding hydrogens is 166 g/mol. The standard InChI is InChI=1S/C5H9N3O4/c6-8-7-1-2-3(9)4(10)5(11)12-2/h2-5,9-11H,1H2/t2-,3-,4-,5+/m1/s1. The first-order valence-corrected chi connectivity index (χ1v) is 3.37. The summed E-state index contributed by atoms with van der Waals surface area (Å²) < 4.78 is 4.68. The maximum atomic E-state index is 9.14. The lowest BCUT2D eigenvalue weighted by atomic mass is 10.1. The Kier molecular flexibility index (Phi) is 2.85. The minimum atomic E-state index is -1.40. The maximum Gasteiger partial charge on any atom is 0.183 e. The zero-order chi connectivity index (χ0) is 9.14. The number of ether oxygens (including phenoxy) is 1. The normalized spacial score (nSPS) is 40.9. The van der Waals surface area contributed by atoms with Gasteiger partial charge in [-0.2, -0.15) is 0 Å². The lowest BCUT2D eigenvalue weighted by molar-refractivity contribution is -0.125. The fourth-order valence-electron chi connectivity index (χ4n) is 0.997. The van der Waals surface area contributed by atoms with E-state index >= 15 is 0 Å². The molecule has 0 amide bonds. The van der Waals surface area contributed by atoms with Crippen molar-refractivity contribution >= 4 is 0 Å². The zero-order valence-electron chi connectivity index (χ0n) is 6.11. The number of rotatable bonds is 2. The Bertz CT molecular complexity index is 205. The van der Waals surface area contributed by atoms with Crippen LogP contribution in [-0.2, 0) is 4.74 Å². The third kappa shape index (κ3) is 1.66. The minimum Gasteiger partial charge on any atom is -0.387 e. The van der Waals surface area contributed by atoms with Gasteiger partial charge in [0, 0.05) is 4.91 Å². The first-order valence-electron chi connectivity index (χ1n) is 3.37. The molecule has 7 nitrogen and oxygen atoms in total. The number of aliphatic hydroxyl groups is 3. The monoisotopic (exact) mass is 175 g/mol. The van der Waals surface area contributed by atoms with Crippen LogP contribution in [0, 0.1) is 0 Å². The second-order valence-corrected chi connectivity index (χ2v) is 2.46. The van der Waals surface area contributed by atoms with Crippen molar-refractivity contribution in [3.8, 4) is 0 Å². The molecule has 0 aromatic heterocycles. The molecule has 4 atom stereocenters. The molecule has 0 saturated carbocycles. The van der Waals surface area contributed by atoms with Crippen LogP contribution in [0.25, 0.3) is 10.4 Å². The Hall–Kier alpha value is -0.850. The first-order chi connectivity index (χ1) is 5.66. The molecule has 7 heteroatoms. The highest BCUT2D eigenvalue weighted by atomic mass is 16.6. The predicted molar refractivity (Wildman–Crippen MR) is 36.9 cm³/mol. The highest BCUT2D eigenvalue weighted by Gasteiger charge is 2.41. The van der Waals surface area contributed by atoms with Crippen molar-refractivity contribution in [1.82, 2.24) is 0 Å². The van der Waals surface area contributed by atoms with E-state index in [1.54, 1.807) is 0 Å². The number of hydrogen-bond donors (Lipinski definition) is 3. The van der Waals surface area contributed by atoms with E-state index in [2.05, 4.69) is 14.8 Å². The Morgan fingerprint density at radius 3 is 2.42 bits per heavy atom. The van der Waals surface area contributed by atoms with Gasteiger partial charge in [0.25, 0.3) is 0 Å². The molecule has 1 heterocycles. The van der Waals surface area contributed by atoms with Crippen LogP contribution in [0.5, 0.6) is 0 Å². The first kappa shape index (κ1) is 9.24. The molecule has 3 N–H and O–H groups in total. The SMILES string of the molecule is [N-]=[N+]=NC[C@H]1O[C@H](O)[C@H](O)[C@@H]1O. The summed E-state index contributed by atoms with van der Waals surface area (Å²) >= 11 is 0. The molecular formula is C5H9N3O4. The van der Waals surface area contributed by atoms with E-state index < -0.39 is 24.6 Å². The van der Waals surface area contributed by atoms with Gasteiger partial charge in [-0.1, -0.05) is 5.11 Å².